The van der Waals surface area contributed by atoms with Crippen LogP contribution in [-0.4, -0.2) is 0 Å². The molecule has 1 aliphatic rings. The quantitative estimate of drug-likeness (QED) is 0.144. The van der Waals surface area contributed by atoms with Crippen LogP contribution < -0.4 is 0 Å². The lowest BCUT2D eigenvalue weighted by Crippen LogP contribution is -2.14. The van der Waals surface area contributed by atoms with E-state index in [4.69, 9.17) is 0 Å². The lowest BCUT2D eigenvalue weighted by molar-refractivity contribution is 0.661. The Balaban J connectivity index is 0.000000443. The zero-order valence-electron chi connectivity index (χ0n) is 24.4. The van der Waals surface area contributed by atoms with E-state index in [0.29, 0.717) is 0 Å². The number of rotatable bonds is 0. The Bertz CT molecular complexity index is 1690. The van der Waals surface area contributed by atoms with E-state index in [2.05, 4.69) is 125 Å². The van der Waals surface area contributed by atoms with Crippen molar-refractivity contribution in [2.75, 3.05) is 0 Å². The lowest BCUT2D eigenvalue weighted by atomic mass is 9.81. The highest BCUT2D eigenvalue weighted by molar-refractivity contribution is 6.18. The summed E-state index contributed by atoms with van der Waals surface area (Å²) in [4.78, 5) is 0. The average Bonchev–Trinajstić information content (AvgIpc) is 3.21. The van der Waals surface area contributed by atoms with Crippen molar-refractivity contribution < 1.29 is 0 Å². The van der Waals surface area contributed by atoms with Crippen LogP contribution in [0.1, 0.15) is 72.9 Å². The summed E-state index contributed by atoms with van der Waals surface area (Å²) in [6.07, 6.45) is 1.25. The van der Waals surface area contributed by atoms with Crippen LogP contribution in [0.2, 0.25) is 0 Å². The average molecular weight is 499 g/mol. The van der Waals surface area contributed by atoms with E-state index in [-0.39, 0.29) is 5.41 Å². The highest BCUT2D eigenvalue weighted by Crippen LogP contribution is 2.54. The second-order valence-corrected chi connectivity index (χ2v) is 10.1. The number of benzene rings is 6. The van der Waals surface area contributed by atoms with Gasteiger partial charge in [0.05, 0.1) is 0 Å². The number of hydrogen-bond acceptors (Lipinski definition) is 0. The standard InChI is InChI=1S/C31H22.C3H8.2C2H6/c1-31(2)27-15-12-22-17-20-8-3-4-9-21(20)18-26(22)30(27)29-25-13-11-19-7-5-6-10-23(19)24(25)14-16-28(29)31;1-3-2;2*1-2/h3-18H,1-2H3;3H2,1-2H3;2*1-2H3. The molecular weight excluding hydrogens is 456 g/mol. The topological polar surface area (TPSA) is 0 Å². The Morgan fingerprint density at radius 3 is 1.58 bits per heavy atom. The third-order valence-corrected chi connectivity index (χ3v) is 7.41. The van der Waals surface area contributed by atoms with E-state index in [9.17, 15) is 0 Å². The molecule has 0 spiro atoms. The van der Waals surface area contributed by atoms with Crippen LogP contribution in [0.4, 0.5) is 0 Å². The molecule has 0 nitrogen and oxygen atoms in total. The minimum atomic E-state index is -0.00959. The van der Waals surface area contributed by atoms with Crippen molar-refractivity contribution in [1.29, 1.82) is 0 Å². The van der Waals surface area contributed by atoms with Crippen LogP contribution in [0.15, 0.2) is 97.1 Å². The fourth-order valence-electron chi connectivity index (χ4n) is 5.83. The van der Waals surface area contributed by atoms with Gasteiger partial charge in [0.1, 0.15) is 0 Å². The lowest BCUT2D eigenvalue weighted by Gasteiger charge is -2.22. The van der Waals surface area contributed by atoms with Crippen LogP contribution >= 0.6 is 0 Å². The van der Waals surface area contributed by atoms with Gasteiger partial charge in [0.15, 0.2) is 0 Å². The molecule has 6 aromatic rings. The van der Waals surface area contributed by atoms with Crippen LogP contribution in [-0.2, 0) is 5.41 Å². The van der Waals surface area contributed by atoms with Crippen molar-refractivity contribution in [3.05, 3.63) is 108 Å². The minimum Gasteiger partial charge on any atom is -0.0683 e. The van der Waals surface area contributed by atoms with E-state index in [1.807, 2.05) is 27.7 Å². The first kappa shape index (κ1) is 27.4. The van der Waals surface area contributed by atoms with Gasteiger partial charge in [-0.1, -0.05) is 147 Å². The van der Waals surface area contributed by atoms with Crippen molar-refractivity contribution in [3.8, 4) is 11.1 Å². The summed E-state index contributed by atoms with van der Waals surface area (Å²) in [5.74, 6) is 0. The van der Waals surface area contributed by atoms with Crippen LogP contribution in [0.25, 0.3) is 54.2 Å². The minimum absolute atomic E-state index is 0.00959. The molecule has 0 aliphatic heterocycles. The van der Waals surface area contributed by atoms with Gasteiger partial charge in [0.2, 0.25) is 0 Å². The van der Waals surface area contributed by atoms with Gasteiger partial charge in [-0.05, 0) is 77.5 Å². The van der Waals surface area contributed by atoms with E-state index in [1.165, 1.54) is 71.8 Å². The molecule has 0 heterocycles. The van der Waals surface area contributed by atoms with Crippen molar-refractivity contribution >= 4 is 43.1 Å². The van der Waals surface area contributed by atoms with Gasteiger partial charge >= 0.3 is 0 Å². The van der Waals surface area contributed by atoms with Gasteiger partial charge in [0.25, 0.3) is 0 Å². The Labute approximate surface area is 229 Å². The summed E-state index contributed by atoms with van der Waals surface area (Å²) >= 11 is 0. The van der Waals surface area contributed by atoms with Crippen molar-refractivity contribution in [2.45, 2.75) is 67.2 Å². The summed E-state index contributed by atoms with van der Waals surface area (Å²) in [5.41, 5.74) is 5.70. The molecule has 1 aliphatic carbocycles. The molecule has 0 N–H and O–H groups in total. The first-order chi connectivity index (χ1) is 18.5. The fraction of sp³-hybridized carbons (Fsp3) is 0.263. The molecular formula is C38H42. The Morgan fingerprint density at radius 1 is 0.447 bits per heavy atom. The van der Waals surface area contributed by atoms with E-state index in [1.54, 1.807) is 0 Å². The smallest absolute Gasteiger partial charge is 0.0159 e. The molecule has 0 atom stereocenters. The molecule has 0 radical (unpaired) electrons. The maximum absolute atomic E-state index is 2.40. The molecule has 0 heteroatoms. The monoisotopic (exact) mass is 498 g/mol. The molecule has 0 fully saturated rings. The highest BCUT2D eigenvalue weighted by Gasteiger charge is 2.37. The first-order valence-corrected chi connectivity index (χ1v) is 14.5. The van der Waals surface area contributed by atoms with Crippen molar-refractivity contribution in [2.24, 2.45) is 0 Å². The molecule has 0 saturated heterocycles. The molecule has 0 amide bonds. The molecule has 0 aromatic heterocycles. The normalized spacial score (nSPS) is 12.5. The third-order valence-electron chi connectivity index (χ3n) is 7.41. The third kappa shape index (κ3) is 4.37. The maximum Gasteiger partial charge on any atom is 0.0159 e. The molecule has 194 valence electrons. The second-order valence-electron chi connectivity index (χ2n) is 10.1. The highest BCUT2D eigenvalue weighted by atomic mass is 14.4. The Kier molecular flexibility index (Phi) is 8.22. The van der Waals surface area contributed by atoms with E-state index < -0.39 is 0 Å². The summed E-state index contributed by atoms with van der Waals surface area (Å²) in [6.45, 7) is 17.0. The molecule has 0 unspecified atom stereocenters. The zero-order chi connectivity index (χ0) is 27.4. The van der Waals surface area contributed by atoms with Gasteiger partial charge in [-0.15, -0.1) is 0 Å². The predicted molar refractivity (Wildman–Crippen MR) is 173 cm³/mol. The van der Waals surface area contributed by atoms with Gasteiger partial charge in [-0.25, -0.2) is 0 Å². The fourth-order valence-corrected chi connectivity index (χ4v) is 5.83. The molecule has 6 aromatic carbocycles. The zero-order valence-corrected chi connectivity index (χ0v) is 24.4. The number of fused-ring (bicyclic) bond motifs is 10. The maximum atomic E-state index is 2.40. The summed E-state index contributed by atoms with van der Waals surface area (Å²) in [6, 6.07) is 36.2. The largest absolute Gasteiger partial charge is 0.0683 e. The van der Waals surface area contributed by atoms with Gasteiger partial charge in [-0.2, -0.15) is 0 Å². The molecule has 38 heavy (non-hydrogen) atoms. The number of hydrogen-bond donors (Lipinski definition) is 0. The Morgan fingerprint density at radius 2 is 0.921 bits per heavy atom. The molecule has 0 bridgehead atoms. The predicted octanol–water partition coefficient (Wildman–Crippen LogP) is 12.1. The summed E-state index contributed by atoms with van der Waals surface area (Å²) < 4.78 is 0. The van der Waals surface area contributed by atoms with Crippen molar-refractivity contribution in [1.82, 2.24) is 0 Å². The summed E-state index contributed by atoms with van der Waals surface area (Å²) in [5, 5.41) is 10.6. The van der Waals surface area contributed by atoms with Crippen LogP contribution in [0.3, 0.4) is 0 Å². The van der Waals surface area contributed by atoms with Gasteiger partial charge in [0, 0.05) is 5.41 Å². The SMILES string of the molecule is CC.CC.CC1(C)c2ccc3cc4ccccc4cc3c2-c2c1ccc1c2ccc2ccccc21.CCC. The van der Waals surface area contributed by atoms with Gasteiger partial charge < -0.3 is 0 Å². The van der Waals surface area contributed by atoms with Gasteiger partial charge in [-0.3, -0.25) is 0 Å². The molecule has 7 rings (SSSR count). The van der Waals surface area contributed by atoms with E-state index in [0.717, 1.165) is 0 Å². The second kappa shape index (κ2) is 11.4. The summed E-state index contributed by atoms with van der Waals surface area (Å²) in [7, 11) is 0. The molecule has 0 saturated carbocycles. The van der Waals surface area contributed by atoms with E-state index >= 15 is 0 Å². The van der Waals surface area contributed by atoms with Crippen LogP contribution in [0.5, 0.6) is 0 Å². The van der Waals surface area contributed by atoms with Crippen molar-refractivity contribution in [3.63, 3.8) is 0 Å². The Hall–Kier alpha value is -3.64. The van der Waals surface area contributed by atoms with Crippen LogP contribution in [0, 0.1) is 0 Å². The first-order valence-electron chi connectivity index (χ1n) is 14.5.